The Balaban J connectivity index is 2.23. The zero-order valence-corrected chi connectivity index (χ0v) is 11.1. The number of aliphatic hydroxyl groups is 1. The maximum atomic E-state index is 10.2. The lowest BCUT2D eigenvalue weighted by Crippen LogP contribution is -2.08. The minimum atomic E-state index is -0.634. The van der Waals surface area contributed by atoms with Crippen molar-refractivity contribution >= 4 is 11.6 Å². The van der Waals surface area contributed by atoms with E-state index in [-0.39, 0.29) is 0 Å². The third-order valence-corrected chi connectivity index (χ3v) is 3.09. The molecule has 96 valence electrons. The molecule has 1 atom stereocenters. The second-order valence-corrected chi connectivity index (χ2v) is 4.49. The molecule has 0 amide bonds. The molecule has 0 spiro atoms. The molecule has 18 heavy (non-hydrogen) atoms. The molecule has 1 heterocycles. The number of rotatable bonds is 4. The molecule has 2 aromatic rings. The molecule has 2 rings (SSSR count). The molecule has 0 saturated carbocycles. The van der Waals surface area contributed by atoms with Gasteiger partial charge in [-0.25, -0.2) is 0 Å². The van der Waals surface area contributed by atoms with Gasteiger partial charge in [-0.05, 0) is 29.8 Å². The van der Waals surface area contributed by atoms with Crippen LogP contribution in [0.3, 0.4) is 0 Å². The summed E-state index contributed by atoms with van der Waals surface area (Å²) >= 11 is 5.96. The summed E-state index contributed by atoms with van der Waals surface area (Å²) in [6.45, 7) is 0. The fourth-order valence-electron chi connectivity index (χ4n) is 1.93. The van der Waals surface area contributed by atoms with E-state index in [9.17, 15) is 5.11 Å². The molecule has 4 nitrogen and oxygen atoms in total. The summed E-state index contributed by atoms with van der Waals surface area (Å²) in [5.74, 6) is 0.723. The molecule has 1 aromatic carbocycles. The van der Waals surface area contributed by atoms with Crippen LogP contribution in [0, 0.1) is 0 Å². The van der Waals surface area contributed by atoms with Gasteiger partial charge >= 0.3 is 0 Å². The third-order valence-electron chi connectivity index (χ3n) is 2.86. The number of benzene rings is 1. The van der Waals surface area contributed by atoms with Gasteiger partial charge in [-0.15, -0.1) is 0 Å². The highest BCUT2D eigenvalue weighted by atomic mass is 35.5. The molecule has 0 aliphatic heterocycles. The average Bonchev–Trinajstić information content (AvgIpc) is 2.76. The first-order valence-corrected chi connectivity index (χ1v) is 5.98. The number of hydrogen-bond acceptors (Lipinski definition) is 3. The van der Waals surface area contributed by atoms with Crippen LogP contribution in [0.2, 0.25) is 5.02 Å². The van der Waals surface area contributed by atoms with Crippen molar-refractivity contribution in [3.8, 4) is 5.75 Å². The standard InChI is InChI=1S/C13H15ClN2O2/c1-16-11(5-6-15-16)12(17)8-9-7-10(14)3-4-13(9)18-2/h3-7,12,17H,8H2,1-2H3. The number of ether oxygens (including phenoxy) is 1. The van der Waals surface area contributed by atoms with Crippen molar-refractivity contribution in [2.45, 2.75) is 12.5 Å². The van der Waals surface area contributed by atoms with Gasteiger partial charge in [-0.3, -0.25) is 4.68 Å². The highest BCUT2D eigenvalue weighted by Crippen LogP contribution is 2.27. The van der Waals surface area contributed by atoms with Gasteiger partial charge in [0.1, 0.15) is 5.75 Å². The number of nitrogens with zero attached hydrogens (tertiary/aromatic N) is 2. The fraction of sp³-hybridized carbons (Fsp3) is 0.308. The fourth-order valence-corrected chi connectivity index (χ4v) is 2.13. The predicted molar refractivity (Wildman–Crippen MR) is 69.9 cm³/mol. The highest BCUT2D eigenvalue weighted by Gasteiger charge is 2.15. The lowest BCUT2D eigenvalue weighted by Gasteiger charge is -2.14. The Morgan fingerprint density at radius 3 is 2.83 bits per heavy atom. The third kappa shape index (κ3) is 2.66. The second kappa shape index (κ2) is 5.42. The minimum absolute atomic E-state index is 0.434. The van der Waals surface area contributed by atoms with Crippen molar-refractivity contribution in [1.82, 2.24) is 9.78 Å². The first kappa shape index (κ1) is 12.9. The SMILES string of the molecule is COc1ccc(Cl)cc1CC(O)c1ccnn1C. The highest BCUT2D eigenvalue weighted by molar-refractivity contribution is 6.30. The maximum absolute atomic E-state index is 10.2. The normalized spacial score (nSPS) is 12.4. The predicted octanol–water partition coefficient (Wildman–Crippen LogP) is 2.36. The summed E-state index contributed by atoms with van der Waals surface area (Å²) in [5, 5.41) is 14.9. The van der Waals surface area contributed by atoms with E-state index in [1.54, 1.807) is 49.3 Å². The number of aryl methyl sites for hydroxylation is 1. The molecule has 0 radical (unpaired) electrons. The molecule has 0 bridgehead atoms. The minimum Gasteiger partial charge on any atom is -0.496 e. The van der Waals surface area contributed by atoms with Crippen molar-refractivity contribution < 1.29 is 9.84 Å². The van der Waals surface area contributed by atoms with Crippen molar-refractivity contribution in [3.63, 3.8) is 0 Å². The smallest absolute Gasteiger partial charge is 0.122 e. The van der Waals surface area contributed by atoms with Gasteiger partial charge in [0, 0.05) is 24.7 Å². The molecular formula is C13H15ClN2O2. The van der Waals surface area contributed by atoms with Crippen LogP contribution in [0.15, 0.2) is 30.5 Å². The van der Waals surface area contributed by atoms with Gasteiger partial charge in [-0.1, -0.05) is 11.6 Å². The Kier molecular flexibility index (Phi) is 3.89. The lowest BCUT2D eigenvalue weighted by molar-refractivity contribution is 0.167. The number of methoxy groups -OCH3 is 1. The quantitative estimate of drug-likeness (QED) is 0.924. The summed E-state index contributed by atoms with van der Waals surface area (Å²) in [6.07, 6.45) is 1.46. The largest absolute Gasteiger partial charge is 0.496 e. The van der Waals surface area contributed by atoms with E-state index in [0.717, 1.165) is 17.0 Å². The van der Waals surface area contributed by atoms with Gasteiger partial charge in [-0.2, -0.15) is 5.10 Å². The molecule has 5 heteroatoms. The molecule has 0 saturated heterocycles. The van der Waals surface area contributed by atoms with Gasteiger partial charge in [0.25, 0.3) is 0 Å². The Morgan fingerprint density at radius 2 is 2.22 bits per heavy atom. The van der Waals surface area contributed by atoms with E-state index in [0.29, 0.717) is 11.4 Å². The van der Waals surface area contributed by atoms with Gasteiger partial charge < -0.3 is 9.84 Å². The van der Waals surface area contributed by atoms with Crippen LogP contribution < -0.4 is 4.74 Å². The number of hydrogen-bond donors (Lipinski definition) is 1. The van der Waals surface area contributed by atoms with Gasteiger partial charge in [0.2, 0.25) is 0 Å². The summed E-state index contributed by atoms with van der Waals surface area (Å²) in [5.41, 5.74) is 1.63. The first-order chi connectivity index (χ1) is 8.61. The lowest BCUT2D eigenvalue weighted by atomic mass is 10.0. The molecule has 0 aliphatic carbocycles. The van der Waals surface area contributed by atoms with Crippen molar-refractivity contribution in [3.05, 3.63) is 46.7 Å². The van der Waals surface area contributed by atoms with E-state index < -0.39 is 6.10 Å². The van der Waals surface area contributed by atoms with Crippen LogP contribution >= 0.6 is 11.6 Å². The van der Waals surface area contributed by atoms with E-state index in [4.69, 9.17) is 16.3 Å². The molecular weight excluding hydrogens is 252 g/mol. The van der Waals surface area contributed by atoms with Crippen LogP contribution in [0.5, 0.6) is 5.75 Å². The van der Waals surface area contributed by atoms with Crippen LogP contribution in [0.4, 0.5) is 0 Å². The Labute approximate surface area is 111 Å². The van der Waals surface area contributed by atoms with E-state index in [1.807, 2.05) is 0 Å². The Bertz CT molecular complexity index is 540. The molecule has 1 aromatic heterocycles. The molecule has 1 unspecified atom stereocenters. The average molecular weight is 267 g/mol. The topological polar surface area (TPSA) is 47.3 Å². The summed E-state index contributed by atoms with van der Waals surface area (Å²) in [6, 6.07) is 7.16. The Morgan fingerprint density at radius 1 is 1.44 bits per heavy atom. The van der Waals surface area contributed by atoms with Gasteiger partial charge in [0.15, 0.2) is 0 Å². The van der Waals surface area contributed by atoms with Crippen molar-refractivity contribution in [2.24, 2.45) is 7.05 Å². The van der Waals surface area contributed by atoms with Crippen LogP contribution in [-0.4, -0.2) is 22.0 Å². The zero-order valence-electron chi connectivity index (χ0n) is 10.3. The van der Waals surface area contributed by atoms with Crippen molar-refractivity contribution in [2.75, 3.05) is 7.11 Å². The summed E-state index contributed by atoms with van der Waals surface area (Å²) in [7, 11) is 3.40. The van der Waals surface area contributed by atoms with Crippen LogP contribution in [0.25, 0.3) is 0 Å². The zero-order chi connectivity index (χ0) is 13.1. The van der Waals surface area contributed by atoms with Crippen molar-refractivity contribution in [1.29, 1.82) is 0 Å². The number of aromatic nitrogens is 2. The Hall–Kier alpha value is -1.52. The van der Waals surface area contributed by atoms with E-state index in [1.165, 1.54) is 0 Å². The van der Waals surface area contributed by atoms with Gasteiger partial charge in [0.05, 0.1) is 18.9 Å². The maximum Gasteiger partial charge on any atom is 0.122 e. The van der Waals surface area contributed by atoms with E-state index >= 15 is 0 Å². The molecule has 1 N–H and O–H groups in total. The molecule has 0 aliphatic rings. The van der Waals surface area contributed by atoms with E-state index in [2.05, 4.69) is 5.10 Å². The number of aliphatic hydroxyl groups excluding tert-OH is 1. The number of halogens is 1. The molecule has 0 fully saturated rings. The summed E-state index contributed by atoms with van der Waals surface area (Å²) in [4.78, 5) is 0. The summed E-state index contributed by atoms with van der Waals surface area (Å²) < 4.78 is 6.91. The van der Waals surface area contributed by atoms with Crippen LogP contribution in [0.1, 0.15) is 17.4 Å². The monoisotopic (exact) mass is 266 g/mol. The first-order valence-electron chi connectivity index (χ1n) is 5.60. The second-order valence-electron chi connectivity index (χ2n) is 4.06. The van der Waals surface area contributed by atoms with Crippen LogP contribution in [-0.2, 0) is 13.5 Å².